The van der Waals surface area contributed by atoms with Gasteiger partial charge in [-0.05, 0) is 36.3 Å². The molecule has 0 unspecified atom stereocenters. The zero-order valence-electron chi connectivity index (χ0n) is 14.8. The van der Waals surface area contributed by atoms with Gasteiger partial charge in [-0.25, -0.2) is 0 Å². The van der Waals surface area contributed by atoms with E-state index in [1.807, 2.05) is 31.2 Å². The fourth-order valence-electron chi connectivity index (χ4n) is 3.75. The molecule has 25 heavy (non-hydrogen) atoms. The second-order valence-electron chi connectivity index (χ2n) is 7.02. The van der Waals surface area contributed by atoms with Crippen molar-refractivity contribution in [3.05, 3.63) is 29.8 Å². The summed E-state index contributed by atoms with van der Waals surface area (Å²) < 4.78 is 0. The molecule has 1 aliphatic carbocycles. The molecule has 1 aromatic carbocycles. The van der Waals surface area contributed by atoms with E-state index in [9.17, 15) is 19.5 Å². The number of carbonyl (C=O) groups excluding carboxylic acids is 2. The van der Waals surface area contributed by atoms with Crippen LogP contribution in [0.4, 0.5) is 5.69 Å². The van der Waals surface area contributed by atoms with Crippen LogP contribution in [0.1, 0.15) is 57.4 Å². The third-order valence-corrected chi connectivity index (χ3v) is 5.12. The Hall–Kier alpha value is -2.17. The smallest absolute Gasteiger partial charge is 0.303 e. The lowest BCUT2D eigenvalue weighted by atomic mass is 9.68. The van der Waals surface area contributed by atoms with Crippen LogP contribution in [-0.4, -0.2) is 29.2 Å². The molecule has 5 heteroatoms. The number of carbonyl (C=O) groups is 3. The third-order valence-electron chi connectivity index (χ3n) is 5.12. The molecule has 2 N–H and O–H groups in total. The van der Waals surface area contributed by atoms with Gasteiger partial charge in [-0.3, -0.25) is 14.4 Å². The van der Waals surface area contributed by atoms with Gasteiger partial charge in [0.2, 0.25) is 11.6 Å². The molecule has 0 saturated heterocycles. The summed E-state index contributed by atoms with van der Waals surface area (Å²) in [6.45, 7) is 1.99. The number of rotatable bonds is 9. The first-order chi connectivity index (χ1) is 12.0. The Morgan fingerprint density at radius 3 is 2.36 bits per heavy atom. The Kier molecular flexibility index (Phi) is 6.73. The molecule has 0 amide bonds. The van der Waals surface area contributed by atoms with Gasteiger partial charge in [0.15, 0.2) is 0 Å². The highest BCUT2D eigenvalue weighted by Crippen LogP contribution is 2.42. The minimum Gasteiger partial charge on any atom is -0.481 e. The zero-order valence-corrected chi connectivity index (χ0v) is 14.8. The summed E-state index contributed by atoms with van der Waals surface area (Å²) in [5.74, 6) is -1.82. The van der Waals surface area contributed by atoms with Crippen molar-refractivity contribution < 1.29 is 19.5 Å². The lowest BCUT2D eigenvalue weighted by molar-refractivity contribution is -0.143. The summed E-state index contributed by atoms with van der Waals surface area (Å²) in [4.78, 5) is 35.8. The van der Waals surface area contributed by atoms with E-state index in [2.05, 4.69) is 5.32 Å². The number of aliphatic carboxylic acids is 1. The van der Waals surface area contributed by atoms with Crippen molar-refractivity contribution in [1.29, 1.82) is 0 Å². The molecule has 0 radical (unpaired) electrons. The SMILES string of the molecule is CCc1ccccc1NCC(=O)C(=O)CC1(CC(=O)O)CCCCC1. The highest BCUT2D eigenvalue weighted by molar-refractivity contribution is 6.38. The van der Waals surface area contributed by atoms with Crippen LogP contribution in [0.2, 0.25) is 0 Å². The van der Waals surface area contributed by atoms with E-state index in [1.165, 1.54) is 0 Å². The maximum Gasteiger partial charge on any atom is 0.303 e. The predicted octanol–water partition coefficient (Wildman–Crippen LogP) is 3.61. The predicted molar refractivity (Wildman–Crippen MR) is 96.7 cm³/mol. The second-order valence-corrected chi connectivity index (χ2v) is 7.02. The number of aryl methyl sites for hydroxylation is 1. The van der Waals surface area contributed by atoms with Gasteiger partial charge in [0.1, 0.15) is 0 Å². The number of benzene rings is 1. The van der Waals surface area contributed by atoms with Gasteiger partial charge in [0, 0.05) is 12.1 Å². The molecule has 1 aromatic rings. The van der Waals surface area contributed by atoms with Gasteiger partial charge < -0.3 is 10.4 Å². The number of ketones is 2. The first-order valence-corrected chi connectivity index (χ1v) is 9.05. The average Bonchev–Trinajstić information content (AvgIpc) is 2.59. The molecule has 1 fully saturated rings. The van der Waals surface area contributed by atoms with Crippen molar-refractivity contribution in [3.8, 4) is 0 Å². The summed E-state index contributed by atoms with van der Waals surface area (Å²) in [5, 5.41) is 12.2. The fourth-order valence-corrected chi connectivity index (χ4v) is 3.75. The lowest BCUT2D eigenvalue weighted by Crippen LogP contribution is -2.34. The molecule has 0 aromatic heterocycles. The van der Waals surface area contributed by atoms with E-state index < -0.39 is 23.0 Å². The van der Waals surface area contributed by atoms with Crippen LogP contribution < -0.4 is 5.32 Å². The van der Waals surface area contributed by atoms with Crippen LogP contribution in [0.15, 0.2) is 24.3 Å². The van der Waals surface area contributed by atoms with Crippen LogP contribution in [0.25, 0.3) is 0 Å². The first kappa shape index (κ1) is 19.2. The monoisotopic (exact) mass is 345 g/mol. The highest BCUT2D eigenvalue weighted by atomic mass is 16.4. The average molecular weight is 345 g/mol. The molecule has 0 spiro atoms. The zero-order chi connectivity index (χ0) is 18.3. The van der Waals surface area contributed by atoms with Crippen molar-refractivity contribution >= 4 is 23.2 Å². The second kappa shape index (κ2) is 8.79. The van der Waals surface area contributed by atoms with Crippen molar-refractivity contribution in [2.24, 2.45) is 5.41 Å². The molecule has 1 aliphatic rings. The number of hydrogen-bond acceptors (Lipinski definition) is 4. The molecule has 0 atom stereocenters. The van der Waals surface area contributed by atoms with Gasteiger partial charge in [-0.15, -0.1) is 0 Å². The molecule has 0 aliphatic heterocycles. The molecule has 136 valence electrons. The van der Waals surface area contributed by atoms with Crippen molar-refractivity contribution in [2.75, 3.05) is 11.9 Å². The fraction of sp³-hybridized carbons (Fsp3) is 0.550. The highest BCUT2D eigenvalue weighted by Gasteiger charge is 2.37. The Morgan fingerprint density at radius 2 is 1.72 bits per heavy atom. The van der Waals surface area contributed by atoms with Gasteiger partial charge in [-0.2, -0.15) is 0 Å². The number of hydrogen-bond donors (Lipinski definition) is 2. The molecule has 2 rings (SSSR count). The van der Waals surface area contributed by atoms with Gasteiger partial charge >= 0.3 is 5.97 Å². The molecular formula is C20H27NO4. The van der Waals surface area contributed by atoms with Gasteiger partial charge in [0.25, 0.3) is 0 Å². The number of carboxylic acid groups (broad SMARTS) is 1. The van der Waals surface area contributed by atoms with E-state index >= 15 is 0 Å². The van der Waals surface area contributed by atoms with E-state index in [0.29, 0.717) is 12.8 Å². The topological polar surface area (TPSA) is 83.5 Å². The van der Waals surface area contributed by atoms with Crippen molar-refractivity contribution in [1.82, 2.24) is 0 Å². The summed E-state index contributed by atoms with van der Waals surface area (Å²) in [6.07, 6.45) is 5.21. The van der Waals surface area contributed by atoms with E-state index in [-0.39, 0.29) is 19.4 Å². The number of carboxylic acids is 1. The van der Waals surface area contributed by atoms with Gasteiger partial charge in [-0.1, -0.05) is 44.4 Å². The lowest BCUT2D eigenvalue weighted by Gasteiger charge is -2.35. The van der Waals surface area contributed by atoms with Crippen LogP contribution in [0.3, 0.4) is 0 Å². The van der Waals surface area contributed by atoms with E-state index in [4.69, 9.17) is 0 Å². The summed E-state index contributed by atoms with van der Waals surface area (Å²) >= 11 is 0. The molecule has 5 nitrogen and oxygen atoms in total. The Labute approximate surface area is 148 Å². The van der Waals surface area contributed by atoms with Crippen molar-refractivity contribution in [2.45, 2.75) is 58.3 Å². The Bertz CT molecular complexity index is 632. The van der Waals surface area contributed by atoms with E-state index in [1.54, 1.807) is 0 Å². The standard InChI is InChI=1S/C20H27NO4/c1-2-15-8-4-5-9-16(15)21-14-18(23)17(22)12-20(13-19(24)25)10-6-3-7-11-20/h4-5,8-9,21H,2-3,6-7,10-14H2,1H3,(H,24,25). The molecule has 1 saturated carbocycles. The maximum atomic E-state index is 12.4. The molecule has 0 heterocycles. The Balaban J connectivity index is 1.96. The van der Waals surface area contributed by atoms with Crippen LogP contribution in [-0.2, 0) is 20.8 Å². The number of Topliss-reactive ketones (excluding diaryl/α,β-unsaturated/α-hetero) is 2. The van der Waals surface area contributed by atoms with Crippen LogP contribution in [0, 0.1) is 5.41 Å². The number of nitrogens with one attached hydrogen (secondary N) is 1. The van der Waals surface area contributed by atoms with Crippen LogP contribution in [0.5, 0.6) is 0 Å². The summed E-state index contributed by atoms with van der Waals surface area (Å²) in [7, 11) is 0. The molecule has 0 bridgehead atoms. The van der Waals surface area contributed by atoms with Crippen LogP contribution >= 0.6 is 0 Å². The minimum atomic E-state index is -0.892. The largest absolute Gasteiger partial charge is 0.481 e. The summed E-state index contributed by atoms with van der Waals surface area (Å²) in [6, 6.07) is 7.70. The van der Waals surface area contributed by atoms with E-state index in [0.717, 1.165) is 36.9 Å². The quantitative estimate of drug-likeness (QED) is 0.668. The summed E-state index contributed by atoms with van der Waals surface area (Å²) in [5.41, 5.74) is 1.42. The molecular weight excluding hydrogens is 318 g/mol. The van der Waals surface area contributed by atoms with Crippen molar-refractivity contribution in [3.63, 3.8) is 0 Å². The third kappa shape index (κ3) is 5.41. The first-order valence-electron chi connectivity index (χ1n) is 9.05. The van der Waals surface area contributed by atoms with Gasteiger partial charge in [0.05, 0.1) is 13.0 Å². The number of anilines is 1. The normalized spacial score (nSPS) is 16.2. The Morgan fingerprint density at radius 1 is 1.04 bits per heavy atom. The maximum absolute atomic E-state index is 12.4. The number of para-hydroxylation sites is 1. The minimum absolute atomic E-state index is 0.0296.